The average Bonchev–Trinajstić information content (AvgIpc) is 2.91. The Morgan fingerprint density at radius 2 is 1.69 bits per heavy atom. The van der Waals surface area contributed by atoms with Crippen molar-refractivity contribution in [1.82, 2.24) is 14.5 Å². The molecule has 0 unspecified atom stereocenters. The van der Waals surface area contributed by atoms with Gasteiger partial charge in [-0.2, -0.15) is 0 Å². The molecule has 2 aromatic carbocycles. The lowest BCUT2D eigenvalue weighted by Crippen LogP contribution is -2.24. The predicted molar refractivity (Wildman–Crippen MR) is 133 cm³/mol. The molecule has 178 valence electrons. The summed E-state index contributed by atoms with van der Waals surface area (Å²) in [5.41, 5.74) is 1.67. The van der Waals surface area contributed by atoms with Crippen LogP contribution < -0.4 is 5.56 Å². The summed E-state index contributed by atoms with van der Waals surface area (Å²) >= 11 is 0. The van der Waals surface area contributed by atoms with E-state index in [9.17, 15) is 19.1 Å². The summed E-state index contributed by atoms with van der Waals surface area (Å²) in [7, 11) is 1.17. The fourth-order valence-electron chi connectivity index (χ4n) is 4.17. The highest BCUT2D eigenvalue weighted by Gasteiger charge is 2.25. The Bertz CT molecular complexity index is 1650. The molecule has 0 aliphatic heterocycles. The zero-order chi connectivity index (χ0) is 25.2. The summed E-state index contributed by atoms with van der Waals surface area (Å²) in [5.74, 6) is -1.93. The van der Waals surface area contributed by atoms with E-state index in [0.717, 1.165) is 11.8 Å². The molecular weight excluding hydrogens is 461 g/mol. The van der Waals surface area contributed by atoms with Crippen LogP contribution in [0.3, 0.4) is 0 Å². The lowest BCUT2D eigenvalue weighted by Gasteiger charge is -2.18. The van der Waals surface area contributed by atoms with Gasteiger partial charge < -0.3 is 14.4 Å². The Hall–Kier alpha value is -4.85. The minimum atomic E-state index is -0.873. The summed E-state index contributed by atoms with van der Waals surface area (Å²) in [4.78, 5) is 34.7. The number of methoxy groups -OCH3 is 1. The first-order chi connectivity index (χ1) is 17.5. The normalized spacial score (nSPS) is 10.9. The minimum absolute atomic E-state index is 0.114. The highest BCUT2D eigenvalue weighted by atomic mass is 19.1. The van der Waals surface area contributed by atoms with Crippen LogP contribution in [0.2, 0.25) is 0 Å². The number of halogens is 1. The van der Waals surface area contributed by atoms with Crippen LogP contribution in [0, 0.1) is 5.82 Å². The molecule has 0 aliphatic rings. The van der Waals surface area contributed by atoms with Crippen molar-refractivity contribution < 1.29 is 19.0 Å². The molecule has 0 saturated carbocycles. The molecule has 7 nitrogen and oxygen atoms in total. The number of ether oxygens (including phenoxy) is 1. The van der Waals surface area contributed by atoms with E-state index >= 15 is 0 Å². The van der Waals surface area contributed by atoms with E-state index in [4.69, 9.17) is 4.74 Å². The molecule has 0 aliphatic carbocycles. The van der Waals surface area contributed by atoms with Crippen molar-refractivity contribution in [3.8, 4) is 28.1 Å². The zero-order valence-electron chi connectivity index (χ0n) is 19.2. The molecule has 0 spiro atoms. The Morgan fingerprint density at radius 3 is 2.36 bits per heavy atom. The Balaban J connectivity index is 1.95. The predicted octanol–water partition coefficient (Wildman–Crippen LogP) is 4.81. The van der Waals surface area contributed by atoms with Gasteiger partial charge >= 0.3 is 5.97 Å². The van der Waals surface area contributed by atoms with Crippen LogP contribution in [-0.2, 0) is 11.3 Å². The first kappa shape index (κ1) is 22.9. The third-order valence-corrected chi connectivity index (χ3v) is 5.84. The number of hydrogen-bond acceptors (Lipinski definition) is 6. The van der Waals surface area contributed by atoms with Crippen molar-refractivity contribution in [3.63, 3.8) is 0 Å². The van der Waals surface area contributed by atoms with Crippen molar-refractivity contribution in [2.45, 2.75) is 6.54 Å². The fraction of sp³-hybridized carbons (Fsp3) is 0.0714. The molecule has 0 bridgehead atoms. The van der Waals surface area contributed by atoms with Gasteiger partial charge in [0.15, 0.2) is 11.4 Å². The third kappa shape index (κ3) is 4.09. The van der Waals surface area contributed by atoms with Crippen molar-refractivity contribution in [2.24, 2.45) is 0 Å². The maximum absolute atomic E-state index is 14.2. The number of rotatable bonds is 5. The zero-order valence-corrected chi connectivity index (χ0v) is 19.2. The number of carbonyl (C=O) groups is 1. The van der Waals surface area contributed by atoms with Gasteiger partial charge in [-0.05, 0) is 23.3 Å². The van der Waals surface area contributed by atoms with Crippen LogP contribution >= 0.6 is 0 Å². The third-order valence-electron chi connectivity index (χ3n) is 5.84. The molecule has 3 aromatic heterocycles. The number of esters is 1. The second-order valence-corrected chi connectivity index (χ2v) is 8.10. The molecule has 5 rings (SSSR count). The van der Waals surface area contributed by atoms with Crippen molar-refractivity contribution >= 4 is 16.9 Å². The van der Waals surface area contributed by atoms with Gasteiger partial charge in [-0.3, -0.25) is 9.78 Å². The molecule has 36 heavy (non-hydrogen) atoms. The number of aromatic nitrogens is 3. The van der Waals surface area contributed by atoms with Crippen molar-refractivity contribution in [1.29, 1.82) is 0 Å². The van der Waals surface area contributed by atoms with Gasteiger partial charge in [0.05, 0.1) is 31.1 Å². The molecule has 3 heterocycles. The van der Waals surface area contributed by atoms with Gasteiger partial charge in [0.25, 0.3) is 5.56 Å². The molecule has 0 saturated heterocycles. The highest BCUT2D eigenvalue weighted by Crippen LogP contribution is 2.36. The topological polar surface area (TPSA) is 94.3 Å². The van der Waals surface area contributed by atoms with E-state index in [0.29, 0.717) is 11.1 Å². The quantitative estimate of drug-likeness (QED) is 0.362. The van der Waals surface area contributed by atoms with E-state index < -0.39 is 17.5 Å². The Kier molecular flexibility index (Phi) is 6.00. The van der Waals surface area contributed by atoms with Crippen LogP contribution in [0.5, 0.6) is 5.75 Å². The molecule has 8 heteroatoms. The van der Waals surface area contributed by atoms with Gasteiger partial charge in [-0.25, -0.2) is 14.2 Å². The Labute approximate surface area is 205 Å². The van der Waals surface area contributed by atoms with Gasteiger partial charge in [0, 0.05) is 22.7 Å². The average molecular weight is 481 g/mol. The summed E-state index contributed by atoms with van der Waals surface area (Å²) in [5, 5.41) is 11.4. The standard InChI is InChI=1S/C28H20FN3O4/c1-36-28(35)24-26(33)22-13-21(18-10-6-3-7-11-18)27(34)32(16-17-8-4-2-5-9-17)25(22)23(31-24)19-12-20(29)15-30-14-19/h2-15,33H,16H2,1H3. The van der Waals surface area contributed by atoms with Crippen LogP contribution in [0.15, 0.2) is 90.0 Å². The van der Waals surface area contributed by atoms with Gasteiger partial charge in [0.2, 0.25) is 0 Å². The van der Waals surface area contributed by atoms with E-state index in [1.54, 1.807) is 24.3 Å². The maximum atomic E-state index is 14.2. The van der Waals surface area contributed by atoms with E-state index in [1.807, 2.05) is 36.4 Å². The van der Waals surface area contributed by atoms with Crippen LogP contribution in [0.1, 0.15) is 16.1 Å². The number of nitrogens with zero attached hydrogens (tertiary/aromatic N) is 3. The summed E-state index contributed by atoms with van der Waals surface area (Å²) in [6, 6.07) is 21.0. The van der Waals surface area contributed by atoms with Gasteiger partial charge in [-0.15, -0.1) is 0 Å². The van der Waals surface area contributed by atoms with Crippen molar-refractivity contribution in [2.75, 3.05) is 7.11 Å². The smallest absolute Gasteiger partial charge is 0.360 e. The number of pyridine rings is 3. The van der Waals surface area contributed by atoms with Gasteiger partial charge in [-0.1, -0.05) is 60.7 Å². The van der Waals surface area contributed by atoms with Gasteiger partial charge in [0.1, 0.15) is 5.82 Å². The molecule has 0 atom stereocenters. The first-order valence-corrected chi connectivity index (χ1v) is 11.1. The number of fused-ring (bicyclic) bond motifs is 1. The summed E-state index contributed by atoms with van der Waals surface area (Å²) < 4.78 is 20.5. The van der Waals surface area contributed by atoms with E-state index in [1.165, 1.54) is 30.0 Å². The van der Waals surface area contributed by atoms with Crippen LogP contribution in [0.4, 0.5) is 4.39 Å². The molecule has 0 amide bonds. The number of carbonyl (C=O) groups excluding carboxylic acids is 1. The number of hydrogen-bond donors (Lipinski definition) is 1. The summed E-state index contributed by atoms with van der Waals surface area (Å²) in [6.45, 7) is 0.144. The first-order valence-electron chi connectivity index (χ1n) is 11.1. The lowest BCUT2D eigenvalue weighted by atomic mass is 10.0. The van der Waals surface area contributed by atoms with Crippen LogP contribution in [-0.4, -0.2) is 32.7 Å². The SMILES string of the molecule is COC(=O)c1nc(-c2cncc(F)c2)c2c(cc(-c3ccccc3)c(=O)n2Cc2ccccc2)c1O. The molecule has 0 radical (unpaired) electrons. The van der Waals surface area contributed by atoms with E-state index in [-0.39, 0.29) is 40.0 Å². The minimum Gasteiger partial charge on any atom is -0.505 e. The largest absolute Gasteiger partial charge is 0.505 e. The fourth-order valence-corrected chi connectivity index (χ4v) is 4.17. The van der Waals surface area contributed by atoms with Crippen LogP contribution in [0.25, 0.3) is 33.3 Å². The Morgan fingerprint density at radius 1 is 1.00 bits per heavy atom. The molecule has 1 N–H and O–H groups in total. The molecule has 0 fully saturated rings. The monoisotopic (exact) mass is 481 g/mol. The number of aromatic hydroxyl groups is 1. The second kappa shape index (κ2) is 9.42. The second-order valence-electron chi connectivity index (χ2n) is 8.10. The number of benzene rings is 2. The lowest BCUT2D eigenvalue weighted by molar-refractivity contribution is 0.0591. The molecule has 5 aromatic rings. The summed E-state index contributed by atoms with van der Waals surface area (Å²) in [6.07, 6.45) is 2.42. The van der Waals surface area contributed by atoms with Crippen molar-refractivity contribution in [3.05, 3.63) is 113 Å². The highest BCUT2D eigenvalue weighted by molar-refractivity contribution is 6.04. The maximum Gasteiger partial charge on any atom is 0.360 e. The molecular formula is C28H20FN3O4. The van der Waals surface area contributed by atoms with E-state index in [2.05, 4.69) is 9.97 Å².